The zero-order valence-corrected chi connectivity index (χ0v) is 31.1. The summed E-state index contributed by atoms with van der Waals surface area (Å²) >= 11 is 0. The Morgan fingerprint density at radius 3 is 1.72 bits per heavy atom. The van der Waals surface area contributed by atoms with Gasteiger partial charge in [-0.3, -0.25) is 0 Å². The number of fused-ring (bicyclic) bond motifs is 10. The highest BCUT2D eigenvalue weighted by molar-refractivity contribution is 6.12. The molecule has 0 bridgehead atoms. The summed E-state index contributed by atoms with van der Waals surface area (Å²) in [6, 6.07) is 63.4. The summed E-state index contributed by atoms with van der Waals surface area (Å²) in [5.74, 6) is 0. The normalized spacial score (nSPS) is 14.6. The predicted octanol–water partition coefficient (Wildman–Crippen LogP) is 14.0. The van der Waals surface area contributed by atoms with E-state index in [0.717, 1.165) is 11.4 Å². The van der Waals surface area contributed by atoms with Crippen molar-refractivity contribution in [3.8, 4) is 27.9 Å². The minimum Gasteiger partial charge on any atom is -0.307 e. The van der Waals surface area contributed by atoms with Crippen LogP contribution in [0.1, 0.15) is 49.9 Å². The van der Waals surface area contributed by atoms with Crippen molar-refractivity contribution >= 4 is 49.6 Å². The second-order valence-corrected chi connectivity index (χ2v) is 16.1. The Morgan fingerprint density at radius 1 is 0.426 bits per heavy atom. The summed E-state index contributed by atoms with van der Waals surface area (Å²) in [7, 11) is 0. The maximum absolute atomic E-state index is 2.59. The Kier molecular flexibility index (Phi) is 6.39. The number of rotatable bonds is 4. The number of hydrogen-bond acceptors (Lipinski definition) is 1. The van der Waals surface area contributed by atoms with Gasteiger partial charge < -0.3 is 9.47 Å². The number of hydrogen-bond donors (Lipinski definition) is 0. The molecule has 11 rings (SSSR count). The molecule has 8 aromatic carbocycles. The van der Waals surface area contributed by atoms with Crippen molar-refractivity contribution in [3.05, 3.63) is 192 Å². The first kappa shape index (κ1) is 31.2. The molecule has 0 amide bonds. The molecule has 0 aliphatic heterocycles. The second kappa shape index (κ2) is 11.1. The first-order chi connectivity index (χ1) is 26.3. The summed E-state index contributed by atoms with van der Waals surface area (Å²) in [4.78, 5) is 2.59. The van der Waals surface area contributed by atoms with Crippen LogP contribution < -0.4 is 4.90 Å². The van der Waals surface area contributed by atoms with Crippen LogP contribution in [0.5, 0.6) is 0 Å². The van der Waals surface area contributed by atoms with Crippen LogP contribution in [0.15, 0.2) is 170 Å². The van der Waals surface area contributed by atoms with Crippen LogP contribution in [0.4, 0.5) is 17.1 Å². The minimum atomic E-state index is -0.144. The summed E-state index contributed by atoms with van der Waals surface area (Å²) in [6.45, 7) is 9.52. The highest BCUT2D eigenvalue weighted by Crippen LogP contribution is 2.57. The molecule has 0 N–H and O–H groups in total. The Labute approximate surface area is 316 Å². The molecule has 0 saturated carbocycles. The molecule has 9 aromatic rings. The van der Waals surface area contributed by atoms with Gasteiger partial charge in [-0.1, -0.05) is 161 Å². The average molecular weight is 693 g/mol. The molecule has 0 radical (unpaired) electrons. The first-order valence-corrected chi connectivity index (χ1v) is 19.1. The van der Waals surface area contributed by atoms with Gasteiger partial charge in [-0.15, -0.1) is 0 Å². The molecule has 0 spiro atoms. The summed E-state index contributed by atoms with van der Waals surface area (Å²) in [5.41, 5.74) is 17.5. The Morgan fingerprint density at radius 2 is 0.981 bits per heavy atom. The lowest BCUT2D eigenvalue weighted by molar-refractivity contribution is 0.660. The highest BCUT2D eigenvalue weighted by atomic mass is 15.2. The third-order valence-corrected chi connectivity index (χ3v) is 12.6. The number of anilines is 3. The molecule has 2 aliphatic carbocycles. The lowest BCUT2D eigenvalue weighted by Crippen LogP contribution is -2.18. The van der Waals surface area contributed by atoms with E-state index in [9.17, 15) is 0 Å². The van der Waals surface area contributed by atoms with E-state index in [2.05, 4.69) is 207 Å². The van der Waals surface area contributed by atoms with Crippen molar-refractivity contribution in [2.75, 3.05) is 4.90 Å². The molecule has 1 heterocycles. The van der Waals surface area contributed by atoms with Gasteiger partial charge in [0.15, 0.2) is 0 Å². The number of para-hydroxylation sites is 2. The maximum atomic E-state index is 2.59. The van der Waals surface area contributed by atoms with Gasteiger partial charge in [0.2, 0.25) is 0 Å². The van der Waals surface area contributed by atoms with Crippen molar-refractivity contribution in [2.45, 2.75) is 38.5 Å². The van der Waals surface area contributed by atoms with E-state index >= 15 is 0 Å². The van der Waals surface area contributed by atoms with Crippen LogP contribution in [0.2, 0.25) is 0 Å². The van der Waals surface area contributed by atoms with Crippen molar-refractivity contribution in [3.63, 3.8) is 0 Å². The molecule has 0 unspecified atom stereocenters. The molecule has 2 aliphatic rings. The molecule has 54 heavy (non-hydrogen) atoms. The van der Waals surface area contributed by atoms with Crippen molar-refractivity contribution < 1.29 is 0 Å². The topological polar surface area (TPSA) is 8.17 Å². The third-order valence-electron chi connectivity index (χ3n) is 12.6. The van der Waals surface area contributed by atoms with E-state index in [4.69, 9.17) is 0 Å². The van der Waals surface area contributed by atoms with Gasteiger partial charge in [0, 0.05) is 38.2 Å². The quantitative estimate of drug-likeness (QED) is 0.178. The molecule has 0 saturated heterocycles. The molecule has 0 fully saturated rings. The highest BCUT2D eigenvalue weighted by Gasteiger charge is 2.40. The van der Waals surface area contributed by atoms with Gasteiger partial charge in [0.25, 0.3) is 0 Å². The zero-order chi connectivity index (χ0) is 36.3. The molecule has 258 valence electrons. The van der Waals surface area contributed by atoms with Gasteiger partial charge in [-0.25, -0.2) is 0 Å². The van der Waals surface area contributed by atoms with Crippen molar-refractivity contribution in [1.29, 1.82) is 0 Å². The monoisotopic (exact) mass is 692 g/mol. The van der Waals surface area contributed by atoms with Gasteiger partial charge in [0.05, 0.1) is 28.1 Å². The Hall–Kier alpha value is -6.38. The summed E-state index contributed by atoms with van der Waals surface area (Å²) in [6.07, 6.45) is 0. The largest absolute Gasteiger partial charge is 0.307 e. The SMILES string of the molecule is CC1(C)c2ccccc2-c2ccc(N(c3cccc4c3-c3ccccc3C4(C)C)c3c(-n4c5ccccc5c5ccccc54)ccc4ccccc34)cc21. The molecule has 2 nitrogen and oxygen atoms in total. The lowest BCUT2D eigenvalue weighted by Gasteiger charge is -2.33. The third kappa shape index (κ3) is 4.11. The van der Waals surface area contributed by atoms with E-state index < -0.39 is 0 Å². The number of nitrogens with zero attached hydrogens (tertiary/aromatic N) is 2. The Bertz CT molecular complexity index is 2960. The van der Waals surface area contributed by atoms with E-state index in [1.165, 1.54) is 88.5 Å². The van der Waals surface area contributed by atoms with Crippen LogP contribution in [0, 0.1) is 0 Å². The number of benzene rings is 8. The van der Waals surface area contributed by atoms with E-state index in [1.54, 1.807) is 0 Å². The Balaban J connectivity index is 1.29. The fourth-order valence-corrected chi connectivity index (χ4v) is 9.98. The minimum absolute atomic E-state index is 0.135. The van der Waals surface area contributed by atoms with Gasteiger partial charge in [0.1, 0.15) is 0 Å². The fraction of sp³-hybridized carbons (Fsp3) is 0.115. The van der Waals surface area contributed by atoms with Gasteiger partial charge >= 0.3 is 0 Å². The van der Waals surface area contributed by atoms with Crippen LogP contribution in [-0.2, 0) is 10.8 Å². The van der Waals surface area contributed by atoms with Crippen LogP contribution in [-0.4, -0.2) is 4.57 Å². The number of aromatic nitrogens is 1. The standard InChI is InChI=1S/C52H40N2/c1-51(2)42-23-12-8-21-40(42)49-43(51)24-15-27-47(49)53(34-29-30-37-36-18-7-11-22-41(36)52(3,4)44(37)32-34)50-35-17-6-5-16-33(35)28-31-48(50)54-45-25-13-9-19-38(45)39-20-10-14-26-46(39)54/h5-32H,1-4H3. The fourth-order valence-electron chi connectivity index (χ4n) is 9.98. The molecular formula is C52H40N2. The zero-order valence-electron chi connectivity index (χ0n) is 31.1. The summed E-state index contributed by atoms with van der Waals surface area (Å²) in [5, 5.41) is 4.94. The van der Waals surface area contributed by atoms with E-state index in [0.29, 0.717) is 0 Å². The van der Waals surface area contributed by atoms with Crippen LogP contribution in [0.3, 0.4) is 0 Å². The predicted molar refractivity (Wildman–Crippen MR) is 228 cm³/mol. The van der Waals surface area contributed by atoms with Gasteiger partial charge in [-0.2, -0.15) is 0 Å². The second-order valence-electron chi connectivity index (χ2n) is 16.1. The lowest BCUT2D eigenvalue weighted by atomic mass is 9.82. The maximum Gasteiger partial charge on any atom is 0.0781 e. The summed E-state index contributed by atoms with van der Waals surface area (Å²) < 4.78 is 2.49. The first-order valence-electron chi connectivity index (χ1n) is 19.1. The molecule has 0 atom stereocenters. The molecule has 1 aromatic heterocycles. The smallest absolute Gasteiger partial charge is 0.0781 e. The van der Waals surface area contributed by atoms with Crippen molar-refractivity contribution in [1.82, 2.24) is 4.57 Å². The van der Waals surface area contributed by atoms with Crippen molar-refractivity contribution in [2.24, 2.45) is 0 Å². The van der Waals surface area contributed by atoms with E-state index in [-0.39, 0.29) is 10.8 Å². The molecule has 2 heteroatoms. The van der Waals surface area contributed by atoms with Gasteiger partial charge in [-0.05, 0) is 80.7 Å². The average Bonchev–Trinajstić information content (AvgIpc) is 3.75. The molecular weight excluding hydrogens is 653 g/mol. The van der Waals surface area contributed by atoms with Crippen LogP contribution >= 0.6 is 0 Å². The van der Waals surface area contributed by atoms with Crippen LogP contribution in [0.25, 0.3) is 60.5 Å². The van der Waals surface area contributed by atoms with E-state index in [1.807, 2.05) is 0 Å².